The fraction of sp³-hybridized carbons (Fsp3) is 0.0769. The van der Waals surface area contributed by atoms with E-state index in [4.69, 9.17) is 29.4 Å². The molecular weight excluding hydrogens is 1050 g/mol. The predicted molar refractivity (Wildman–Crippen MR) is 285 cm³/mol. The Morgan fingerprint density at radius 3 is 1.93 bits per heavy atom. The van der Waals surface area contributed by atoms with Crippen molar-refractivity contribution in [2.45, 2.75) is 33.0 Å². The van der Waals surface area contributed by atoms with Crippen molar-refractivity contribution in [3.8, 4) is 73.2 Å². The van der Waals surface area contributed by atoms with Crippen LogP contribution in [0.15, 0.2) is 218 Å². The zero-order chi connectivity index (χ0) is 65.5. The molecule has 0 spiro atoms. The molecule has 6 heteroatoms. The first kappa shape index (κ1) is 27.3. The molecule has 0 saturated heterocycles. The summed E-state index contributed by atoms with van der Waals surface area (Å²) in [6, 6.07) is 23.8. The molecule has 0 atom stereocenters. The SMILES string of the molecule is [2H]c1c([2H])c([2H])c(-c2cnc(-n3c4[c-]c(Oc5[c-]c(-n6[c-][n+](-c7c(-c8c([2H])c(-c9c([2H])c([2H])c([2H])c([2H])c9[2H])c([2H])c(-c9c([2H])c([2H])c([2H])c([2H])c9[2H])c8[2H])cccc7C(C)(C)C)c7ccccc76)ccc5)ccc4c4ccccc43)cc2C([2H])([2H])[2H])c([2H])c1[2H].[Pt]. The van der Waals surface area contributed by atoms with Crippen LogP contribution < -0.4 is 9.30 Å². The summed E-state index contributed by atoms with van der Waals surface area (Å²) >= 11 is 0. The smallest absolute Gasteiger partial charge is 0.268 e. The van der Waals surface area contributed by atoms with E-state index in [1.54, 1.807) is 62.2 Å². The van der Waals surface area contributed by atoms with Gasteiger partial charge in [-0.25, -0.2) is 4.98 Å². The zero-order valence-electron chi connectivity index (χ0n) is 58.9. The van der Waals surface area contributed by atoms with Gasteiger partial charge in [-0.05, 0) is 104 Å². The number of nitrogens with zero attached hydrogens (tertiary/aromatic N) is 4. The average molecular weight is 1120 g/mol. The van der Waals surface area contributed by atoms with Crippen LogP contribution in [0.4, 0.5) is 0 Å². The third-order valence-electron chi connectivity index (χ3n) is 11.8. The van der Waals surface area contributed by atoms with Gasteiger partial charge in [0.2, 0.25) is 0 Å². The number of fused-ring (bicyclic) bond motifs is 4. The molecular formula is C65H48N4OPt-2. The molecule has 346 valence electrons. The van der Waals surface area contributed by atoms with Crippen LogP contribution in [0.2, 0.25) is 0 Å². The molecule has 12 aromatic rings. The summed E-state index contributed by atoms with van der Waals surface area (Å²) in [6.45, 7) is 2.99. The van der Waals surface area contributed by atoms with E-state index < -0.39 is 143 Å². The zero-order valence-corrected chi connectivity index (χ0v) is 40.2. The van der Waals surface area contributed by atoms with Crippen molar-refractivity contribution < 1.29 is 59.2 Å². The van der Waals surface area contributed by atoms with E-state index in [-0.39, 0.29) is 66.2 Å². The Morgan fingerprint density at radius 1 is 0.592 bits per heavy atom. The van der Waals surface area contributed by atoms with E-state index >= 15 is 0 Å². The first-order chi connectivity index (χ1) is 43.0. The Morgan fingerprint density at radius 2 is 1.23 bits per heavy atom. The molecule has 0 bridgehead atoms. The van der Waals surface area contributed by atoms with Gasteiger partial charge in [0, 0.05) is 54.0 Å². The maximum Gasteiger partial charge on any atom is 0.268 e. The first-order valence-corrected chi connectivity index (χ1v) is 22.1. The Kier molecular flexibility index (Phi) is 7.18. The maximum atomic E-state index is 10.0. The van der Waals surface area contributed by atoms with Gasteiger partial charge in [-0.1, -0.05) is 178 Å². The monoisotopic (exact) mass is 1120 g/mol. The molecule has 0 N–H and O–H groups in total. The Labute approximate surface area is 458 Å². The third-order valence-corrected chi connectivity index (χ3v) is 11.8. The molecule has 0 saturated carbocycles. The largest absolute Gasteiger partial charge is 0.510 e. The van der Waals surface area contributed by atoms with Gasteiger partial charge in [0.1, 0.15) is 5.82 Å². The standard InChI is InChI=1S/C65H48N4O.Pt/c1-44-36-63(66-42-57(44)47-24-12-7-13-25-47)69-59-31-15-14-28-55(59)56-35-34-53(41-62(56)69)70-52-27-18-26-51(40-52)67-43-68(61-33-17-16-32-60(61)67)64-54(29-19-30-58(64)65(2,3)4)50-38-48(45-20-8-5-9-21-45)37-49(39-50)46-22-10-6-11-23-46;/h5-39,42H,1-4H3;/q-2;/i1D3,5D,6D,7D,8D,9D,10D,11D,12D,13D,20D,21D,22D,23D,24D,25D,37D,38D,39D;. The molecule has 3 heterocycles. The minimum Gasteiger partial charge on any atom is -0.510 e. The van der Waals surface area contributed by atoms with Crippen LogP contribution >= 0.6 is 0 Å². The topological polar surface area (TPSA) is 35.9 Å². The van der Waals surface area contributed by atoms with E-state index in [0.717, 1.165) is 5.39 Å². The van der Waals surface area contributed by atoms with Crippen LogP contribution in [0.5, 0.6) is 11.5 Å². The molecule has 0 aliphatic carbocycles. The third kappa shape index (κ3) is 8.47. The Bertz CT molecular complexity index is 4950. The number of ether oxygens (including phenoxy) is 1. The van der Waals surface area contributed by atoms with Gasteiger partial charge in [-0.3, -0.25) is 4.57 Å². The van der Waals surface area contributed by atoms with Crippen LogP contribution in [-0.2, 0) is 26.5 Å². The van der Waals surface area contributed by atoms with Crippen LogP contribution in [0.1, 0.15) is 60.7 Å². The van der Waals surface area contributed by atoms with E-state index in [2.05, 4.69) is 23.4 Å². The quantitative estimate of drug-likeness (QED) is 0.107. The van der Waals surface area contributed by atoms with E-state index in [1.165, 1.54) is 12.3 Å². The van der Waals surface area contributed by atoms with Crippen molar-refractivity contribution in [3.05, 3.63) is 248 Å². The number of hydrogen-bond acceptors (Lipinski definition) is 2. The van der Waals surface area contributed by atoms with Crippen molar-refractivity contribution in [1.29, 1.82) is 0 Å². The second kappa shape index (κ2) is 18.7. The molecule has 0 aliphatic rings. The molecule has 0 radical (unpaired) electrons. The number of rotatable bonds is 9. The molecule has 0 amide bonds. The van der Waals surface area contributed by atoms with E-state index in [9.17, 15) is 4.11 Å². The van der Waals surface area contributed by atoms with Crippen LogP contribution in [-0.4, -0.2) is 14.1 Å². The minimum absolute atomic E-state index is 0. The van der Waals surface area contributed by atoms with E-state index in [0.29, 0.717) is 44.4 Å². The summed E-state index contributed by atoms with van der Waals surface area (Å²) in [4.78, 5) is 4.67. The number of benzene rings is 9. The average Bonchev–Trinajstić information content (AvgIpc) is 0.941. The van der Waals surface area contributed by atoms with Crippen molar-refractivity contribution >= 4 is 32.8 Å². The van der Waals surface area contributed by atoms with Gasteiger partial charge >= 0.3 is 0 Å². The molecule has 71 heavy (non-hydrogen) atoms. The number of aryl methyl sites for hydroxylation is 1. The molecule has 3 aromatic heterocycles. The summed E-state index contributed by atoms with van der Waals surface area (Å²) in [7, 11) is 0. The molecule has 5 nitrogen and oxygen atoms in total. The summed E-state index contributed by atoms with van der Waals surface area (Å²) < 4.78 is 197. The van der Waals surface area contributed by atoms with Crippen molar-refractivity contribution in [2.75, 3.05) is 0 Å². The van der Waals surface area contributed by atoms with Crippen LogP contribution in [0, 0.1) is 25.3 Å². The number of aromatic nitrogens is 4. The molecule has 9 aromatic carbocycles. The fourth-order valence-corrected chi connectivity index (χ4v) is 8.67. The van der Waals surface area contributed by atoms with Crippen molar-refractivity contribution in [1.82, 2.24) is 14.1 Å². The maximum absolute atomic E-state index is 10.0. The van der Waals surface area contributed by atoms with Gasteiger partial charge in [0.25, 0.3) is 6.33 Å². The van der Waals surface area contributed by atoms with Crippen molar-refractivity contribution in [3.63, 3.8) is 0 Å². The number of hydrogen-bond donors (Lipinski definition) is 0. The van der Waals surface area contributed by atoms with Gasteiger partial charge in [0.15, 0.2) is 0 Å². The second-order valence-electron chi connectivity index (χ2n) is 17.2. The minimum atomic E-state index is -2.84. The summed E-state index contributed by atoms with van der Waals surface area (Å²) in [5.74, 6) is 0.549. The Balaban J connectivity index is 0.00000867. The summed E-state index contributed by atoms with van der Waals surface area (Å²) in [5, 5.41) is 1.46. The number of pyridine rings is 1. The Hall–Kier alpha value is -8.11. The van der Waals surface area contributed by atoms with Crippen LogP contribution in [0.3, 0.4) is 0 Å². The first-order valence-electron chi connectivity index (χ1n) is 32.6. The van der Waals surface area contributed by atoms with Crippen molar-refractivity contribution in [2.24, 2.45) is 0 Å². The van der Waals surface area contributed by atoms with Gasteiger partial charge in [-0.15, -0.1) is 29.7 Å². The van der Waals surface area contributed by atoms with Gasteiger partial charge < -0.3 is 13.9 Å². The number of para-hydroxylation sites is 4. The fourth-order valence-electron chi connectivity index (χ4n) is 8.67. The normalized spacial score (nSPS) is 15.9. The summed E-state index contributed by atoms with van der Waals surface area (Å²) in [6.07, 6.45) is 4.68. The summed E-state index contributed by atoms with van der Waals surface area (Å²) in [5.41, 5.74) is -0.273. The number of imidazole rings is 1. The molecule has 0 unspecified atom stereocenters. The van der Waals surface area contributed by atoms with E-state index in [1.807, 2.05) is 69.3 Å². The predicted octanol–water partition coefficient (Wildman–Crippen LogP) is 15.9. The molecule has 0 aliphatic heterocycles. The second-order valence-corrected chi connectivity index (χ2v) is 17.2. The van der Waals surface area contributed by atoms with Crippen LogP contribution in [0.25, 0.3) is 94.5 Å². The molecule has 0 fully saturated rings. The molecule has 12 rings (SSSR count). The van der Waals surface area contributed by atoms with Gasteiger partial charge in [0.05, 0.1) is 41.4 Å². The van der Waals surface area contributed by atoms with Gasteiger partial charge in [-0.2, -0.15) is 18.2 Å².